The molecule has 1 aromatic rings. The number of pyridine rings is 1. The summed E-state index contributed by atoms with van der Waals surface area (Å²) in [7, 11) is 0. The highest BCUT2D eigenvalue weighted by Gasteiger charge is 2.42. The van der Waals surface area contributed by atoms with Gasteiger partial charge in [0, 0.05) is 18.8 Å². The first-order valence-corrected chi connectivity index (χ1v) is 6.60. The SMILES string of the molecule is Cc1ccc(C(N)=NO)c(N2CCCC(C(F)(F)F)C2)n1. The van der Waals surface area contributed by atoms with Gasteiger partial charge in [0.1, 0.15) is 5.82 Å². The third-order valence-corrected chi connectivity index (χ3v) is 3.58. The summed E-state index contributed by atoms with van der Waals surface area (Å²) < 4.78 is 38.7. The number of nitrogens with zero attached hydrogens (tertiary/aromatic N) is 3. The second kappa shape index (κ2) is 5.79. The predicted octanol–water partition coefficient (Wildman–Crippen LogP) is 2.26. The zero-order valence-electron chi connectivity index (χ0n) is 11.6. The number of anilines is 1. The maximum Gasteiger partial charge on any atom is 0.393 e. The van der Waals surface area contributed by atoms with Crippen molar-refractivity contribution in [3.8, 4) is 0 Å². The lowest BCUT2D eigenvalue weighted by Crippen LogP contribution is -2.43. The minimum Gasteiger partial charge on any atom is -0.409 e. The lowest BCUT2D eigenvalue weighted by atomic mass is 9.97. The van der Waals surface area contributed by atoms with Gasteiger partial charge in [-0.15, -0.1) is 0 Å². The standard InChI is InChI=1S/C13H17F3N4O/c1-8-4-5-10(11(17)19-21)12(18-8)20-6-2-3-9(7-20)13(14,15)16/h4-5,9,21H,2-3,6-7H2,1H3,(H2,17,19). The van der Waals surface area contributed by atoms with Gasteiger partial charge >= 0.3 is 6.18 Å². The van der Waals surface area contributed by atoms with E-state index in [1.165, 1.54) is 0 Å². The van der Waals surface area contributed by atoms with E-state index in [2.05, 4.69) is 10.1 Å². The molecule has 1 aliphatic rings. The number of nitrogens with two attached hydrogens (primary N) is 1. The van der Waals surface area contributed by atoms with Crippen LogP contribution in [0, 0.1) is 12.8 Å². The Morgan fingerprint density at radius 2 is 2.19 bits per heavy atom. The highest BCUT2D eigenvalue weighted by atomic mass is 19.4. The van der Waals surface area contributed by atoms with Crippen LogP contribution in [0.15, 0.2) is 17.3 Å². The van der Waals surface area contributed by atoms with Crippen LogP contribution in [0.5, 0.6) is 0 Å². The Morgan fingerprint density at radius 1 is 1.48 bits per heavy atom. The molecule has 3 N–H and O–H groups in total. The minimum absolute atomic E-state index is 0.116. The zero-order valence-corrected chi connectivity index (χ0v) is 11.6. The lowest BCUT2D eigenvalue weighted by Gasteiger charge is -2.35. The zero-order chi connectivity index (χ0) is 15.6. The van der Waals surface area contributed by atoms with E-state index in [-0.39, 0.29) is 18.8 Å². The van der Waals surface area contributed by atoms with Crippen molar-refractivity contribution in [2.45, 2.75) is 25.9 Å². The van der Waals surface area contributed by atoms with E-state index in [0.717, 1.165) is 0 Å². The van der Waals surface area contributed by atoms with Gasteiger partial charge in [-0.25, -0.2) is 4.98 Å². The smallest absolute Gasteiger partial charge is 0.393 e. The highest BCUT2D eigenvalue weighted by molar-refractivity contribution is 6.01. The number of alkyl halides is 3. The van der Waals surface area contributed by atoms with Gasteiger partial charge < -0.3 is 15.8 Å². The molecule has 0 bridgehead atoms. The minimum atomic E-state index is -4.22. The fourth-order valence-corrected chi connectivity index (χ4v) is 2.47. The number of amidine groups is 1. The Hall–Kier alpha value is -1.99. The molecule has 21 heavy (non-hydrogen) atoms. The van der Waals surface area contributed by atoms with E-state index in [1.807, 2.05) is 0 Å². The van der Waals surface area contributed by atoms with Crippen LogP contribution in [0.1, 0.15) is 24.1 Å². The molecule has 2 rings (SSSR count). The Morgan fingerprint density at radius 3 is 2.81 bits per heavy atom. The second-order valence-electron chi connectivity index (χ2n) is 5.14. The third-order valence-electron chi connectivity index (χ3n) is 3.58. The molecule has 5 nitrogen and oxygen atoms in total. The average molecular weight is 302 g/mol. The Kier molecular flexibility index (Phi) is 4.24. The second-order valence-corrected chi connectivity index (χ2v) is 5.14. The molecule has 1 aromatic heterocycles. The molecule has 1 unspecified atom stereocenters. The highest BCUT2D eigenvalue weighted by Crippen LogP contribution is 2.35. The first-order valence-electron chi connectivity index (χ1n) is 6.60. The maximum absolute atomic E-state index is 12.9. The molecule has 1 atom stereocenters. The summed E-state index contributed by atoms with van der Waals surface area (Å²) in [5.74, 6) is -1.21. The first-order chi connectivity index (χ1) is 9.82. The quantitative estimate of drug-likeness (QED) is 0.380. The van der Waals surface area contributed by atoms with Gasteiger partial charge in [0.05, 0.1) is 11.5 Å². The third kappa shape index (κ3) is 3.37. The molecule has 8 heteroatoms. The normalized spacial score (nSPS) is 20.7. The summed E-state index contributed by atoms with van der Waals surface area (Å²) in [5, 5.41) is 11.7. The molecule has 0 radical (unpaired) electrons. The van der Waals surface area contributed by atoms with Crippen LogP contribution in [0.4, 0.5) is 19.0 Å². The van der Waals surface area contributed by atoms with Crippen molar-refractivity contribution in [3.05, 3.63) is 23.4 Å². The number of aryl methyl sites for hydroxylation is 1. The summed E-state index contributed by atoms with van der Waals surface area (Å²) in [5.41, 5.74) is 6.58. The Bertz CT molecular complexity index is 545. The number of hydrogen-bond donors (Lipinski definition) is 2. The molecule has 0 aliphatic carbocycles. The molecule has 1 fully saturated rings. The van der Waals surface area contributed by atoms with Crippen LogP contribution < -0.4 is 10.6 Å². The van der Waals surface area contributed by atoms with E-state index in [4.69, 9.17) is 10.9 Å². The molecule has 0 saturated carbocycles. The van der Waals surface area contributed by atoms with Crippen molar-refractivity contribution < 1.29 is 18.4 Å². The Balaban J connectivity index is 2.34. The largest absolute Gasteiger partial charge is 0.409 e. The van der Waals surface area contributed by atoms with Crippen LogP contribution in [-0.4, -0.2) is 35.3 Å². The van der Waals surface area contributed by atoms with Crippen LogP contribution in [-0.2, 0) is 0 Å². The van der Waals surface area contributed by atoms with Gasteiger partial charge in [-0.1, -0.05) is 5.16 Å². The van der Waals surface area contributed by atoms with Gasteiger partial charge in [-0.3, -0.25) is 0 Å². The van der Waals surface area contributed by atoms with E-state index in [1.54, 1.807) is 24.0 Å². The monoisotopic (exact) mass is 302 g/mol. The molecule has 1 saturated heterocycles. The molecule has 0 spiro atoms. The summed E-state index contributed by atoms with van der Waals surface area (Å²) >= 11 is 0. The summed E-state index contributed by atoms with van der Waals surface area (Å²) in [6, 6.07) is 3.27. The molecule has 1 aliphatic heterocycles. The molecule has 2 heterocycles. The van der Waals surface area contributed by atoms with Crippen LogP contribution in [0.3, 0.4) is 0 Å². The van der Waals surface area contributed by atoms with Crippen LogP contribution in [0.2, 0.25) is 0 Å². The van der Waals surface area contributed by atoms with Crippen LogP contribution in [0.25, 0.3) is 0 Å². The maximum atomic E-state index is 12.9. The van der Waals surface area contributed by atoms with Crippen molar-refractivity contribution >= 4 is 11.7 Å². The molecular weight excluding hydrogens is 285 g/mol. The van der Waals surface area contributed by atoms with E-state index < -0.39 is 12.1 Å². The predicted molar refractivity (Wildman–Crippen MR) is 72.5 cm³/mol. The van der Waals surface area contributed by atoms with E-state index >= 15 is 0 Å². The van der Waals surface area contributed by atoms with Gasteiger partial charge in [0.25, 0.3) is 0 Å². The van der Waals surface area contributed by atoms with Gasteiger partial charge in [-0.2, -0.15) is 13.2 Å². The van der Waals surface area contributed by atoms with Gasteiger partial charge in [0.15, 0.2) is 5.84 Å². The molecule has 116 valence electrons. The van der Waals surface area contributed by atoms with Crippen molar-refractivity contribution in [1.29, 1.82) is 0 Å². The van der Waals surface area contributed by atoms with Crippen LogP contribution >= 0.6 is 0 Å². The number of aromatic nitrogens is 1. The first kappa shape index (κ1) is 15.4. The number of hydrogen-bond acceptors (Lipinski definition) is 4. The van der Waals surface area contributed by atoms with Gasteiger partial charge in [0.2, 0.25) is 0 Å². The van der Waals surface area contributed by atoms with Crippen molar-refractivity contribution in [3.63, 3.8) is 0 Å². The van der Waals surface area contributed by atoms with Crippen molar-refractivity contribution in [2.75, 3.05) is 18.0 Å². The number of piperidine rings is 1. The number of rotatable bonds is 2. The van der Waals surface area contributed by atoms with E-state index in [0.29, 0.717) is 30.0 Å². The van der Waals surface area contributed by atoms with Crippen molar-refractivity contribution in [2.24, 2.45) is 16.8 Å². The Labute approximate surface area is 120 Å². The lowest BCUT2D eigenvalue weighted by molar-refractivity contribution is -0.176. The molecule has 0 aromatic carbocycles. The van der Waals surface area contributed by atoms with Crippen molar-refractivity contribution in [1.82, 2.24) is 4.98 Å². The fraction of sp³-hybridized carbons (Fsp3) is 0.538. The van der Waals surface area contributed by atoms with E-state index in [9.17, 15) is 13.2 Å². The molecular formula is C13H17F3N4O. The average Bonchev–Trinajstić information content (AvgIpc) is 2.45. The topological polar surface area (TPSA) is 74.7 Å². The number of halogens is 3. The summed E-state index contributed by atoms with van der Waals surface area (Å²) in [6.07, 6.45) is -3.68. The fourth-order valence-electron chi connectivity index (χ4n) is 2.47. The van der Waals surface area contributed by atoms with Gasteiger partial charge in [-0.05, 0) is 31.9 Å². The number of oxime groups is 1. The summed E-state index contributed by atoms with van der Waals surface area (Å²) in [6.45, 7) is 2.05. The summed E-state index contributed by atoms with van der Waals surface area (Å²) in [4.78, 5) is 5.83. The molecule has 0 amide bonds.